The largest absolute Gasteiger partial charge is 0.469 e. The van der Waals surface area contributed by atoms with Crippen molar-refractivity contribution < 1.29 is 19.1 Å². The molecule has 0 aromatic carbocycles. The lowest BCUT2D eigenvalue weighted by Crippen LogP contribution is -2.41. The van der Waals surface area contributed by atoms with Gasteiger partial charge < -0.3 is 14.8 Å². The second-order valence-corrected chi connectivity index (χ2v) is 6.71. The summed E-state index contributed by atoms with van der Waals surface area (Å²) in [5.74, 6) is 0.729. The van der Waals surface area contributed by atoms with E-state index in [1.54, 1.807) is 0 Å². The van der Waals surface area contributed by atoms with Crippen LogP contribution in [-0.4, -0.2) is 48.2 Å². The zero-order valence-electron chi connectivity index (χ0n) is 11.2. The number of hydrogen-bond acceptors (Lipinski definition) is 5. The van der Waals surface area contributed by atoms with Gasteiger partial charge in [0.25, 0.3) is 0 Å². The minimum Gasteiger partial charge on any atom is -0.469 e. The van der Waals surface area contributed by atoms with Gasteiger partial charge in [0.1, 0.15) is 0 Å². The molecule has 1 rings (SSSR count). The van der Waals surface area contributed by atoms with Gasteiger partial charge in [-0.3, -0.25) is 4.79 Å². The third-order valence-electron chi connectivity index (χ3n) is 3.07. The highest BCUT2D eigenvalue weighted by molar-refractivity contribution is 9.09. The van der Waals surface area contributed by atoms with Crippen molar-refractivity contribution in [2.24, 2.45) is 0 Å². The molecule has 1 saturated heterocycles. The molecule has 19 heavy (non-hydrogen) atoms. The van der Waals surface area contributed by atoms with Crippen LogP contribution < -0.4 is 5.32 Å². The van der Waals surface area contributed by atoms with Crippen LogP contribution in [0, 0.1) is 0 Å². The molecule has 1 aliphatic heterocycles. The van der Waals surface area contributed by atoms with Crippen LogP contribution in [0.1, 0.15) is 25.7 Å². The summed E-state index contributed by atoms with van der Waals surface area (Å²) in [5.41, 5.74) is 0. The number of thioether (sulfide) groups is 1. The standard InChI is InChI=1S/C12H20BrNO4S/c1-17-10(15)6-4-3-5-9-11(13)8(7-19-9)14-12(16)18-2/h8-9,11H,3-7H2,1-2H3,(H,14,16)/t8-,9+,11+/m0/s1. The Hall–Kier alpha value is -0.430. The van der Waals surface area contributed by atoms with Crippen LogP contribution in [0.15, 0.2) is 0 Å². The first-order valence-corrected chi connectivity index (χ1v) is 8.22. The van der Waals surface area contributed by atoms with Gasteiger partial charge in [-0.1, -0.05) is 22.4 Å². The first-order chi connectivity index (χ1) is 9.08. The van der Waals surface area contributed by atoms with Crippen LogP contribution in [-0.2, 0) is 14.3 Å². The van der Waals surface area contributed by atoms with Gasteiger partial charge in [0.15, 0.2) is 0 Å². The van der Waals surface area contributed by atoms with Crippen LogP contribution in [0.4, 0.5) is 4.79 Å². The minimum absolute atomic E-state index is 0.100. The van der Waals surface area contributed by atoms with Gasteiger partial charge in [-0.25, -0.2) is 4.79 Å². The normalized spacial score (nSPS) is 25.9. The lowest BCUT2D eigenvalue weighted by molar-refractivity contribution is -0.140. The van der Waals surface area contributed by atoms with E-state index in [-0.39, 0.29) is 22.9 Å². The molecule has 1 heterocycles. The average molecular weight is 354 g/mol. The lowest BCUT2D eigenvalue weighted by Gasteiger charge is -2.18. The SMILES string of the molecule is COC(=O)CCCC[C@H]1SC[C@H](NC(=O)OC)[C@H]1Br. The minimum atomic E-state index is -0.388. The summed E-state index contributed by atoms with van der Waals surface area (Å²) in [4.78, 5) is 22.4. The number of hydrogen-bond donors (Lipinski definition) is 1. The van der Waals surface area contributed by atoms with Crippen molar-refractivity contribution in [1.29, 1.82) is 0 Å². The number of carbonyl (C=O) groups excluding carboxylic acids is 2. The van der Waals surface area contributed by atoms with Crippen molar-refractivity contribution in [3.05, 3.63) is 0 Å². The van der Waals surface area contributed by atoms with Gasteiger partial charge in [0, 0.05) is 22.3 Å². The molecule has 0 aromatic rings. The molecule has 0 aliphatic carbocycles. The summed E-state index contributed by atoms with van der Waals surface area (Å²) in [6, 6.07) is 0.100. The third kappa shape index (κ3) is 5.60. The Morgan fingerprint density at radius 3 is 2.68 bits per heavy atom. The van der Waals surface area contributed by atoms with E-state index in [1.165, 1.54) is 14.2 Å². The highest BCUT2D eigenvalue weighted by Crippen LogP contribution is 2.35. The smallest absolute Gasteiger partial charge is 0.407 e. The molecule has 5 nitrogen and oxygen atoms in total. The number of methoxy groups -OCH3 is 2. The number of carbonyl (C=O) groups is 2. The number of ether oxygens (including phenoxy) is 2. The summed E-state index contributed by atoms with van der Waals surface area (Å²) in [6.07, 6.45) is 2.95. The van der Waals surface area contributed by atoms with E-state index in [9.17, 15) is 9.59 Å². The number of unbranched alkanes of at least 4 members (excludes halogenated alkanes) is 1. The molecule has 0 unspecified atom stereocenters. The maximum Gasteiger partial charge on any atom is 0.407 e. The molecular formula is C12H20BrNO4S. The number of amides is 1. The molecule has 3 atom stereocenters. The van der Waals surface area contributed by atoms with E-state index < -0.39 is 0 Å². The van der Waals surface area contributed by atoms with E-state index in [1.807, 2.05) is 11.8 Å². The van der Waals surface area contributed by atoms with Gasteiger partial charge in [-0.15, -0.1) is 0 Å². The molecule has 0 saturated carbocycles. The summed E-state index contributed by atoms with van der Waals surface area (Å²) < 4.78 is 9.20. The summed E-state index contributed by atoms with van der Waals surface area (Å²) in [6.45, 7) is 0. The fourth-order valence-electron chi connectivity index (χ4n) is 1.96. The summed E-state index contributed by atoms with van der Waals surface area (Å²) >= 11 is 5.48. The molecule has 1 fully saturated rings. The zero-order valence-corrected chi connectivity index (χ0v) is 13.6. The van der Waals surface area contributed by atoms with Gasteiger partial charge >= 0.3 is 12.1 Å². The molecular weight excluding hydrogens is 334 g/mol. The number of nitrogens with one attached hydrogen (secondary N) is 1. The van der Waals surface area contributed by atoms with E-state index in [0.29, 0.717) is 11.7 Å². The molecule has 0 bridgehead atoms. The summed E-state index contributed by atoms with van der Waals surface area (Å²) in [7, 11) is 2.78. The Morgan fingerprint density at radius 1 is 1.32 bits per heavy atom. The van der Waals surface area contributed by atoms with Crippen molar-refractivity contribution in [2.75, 3.05) is 20.0 Å². The molecule has 110 valence electrons. The van der Waals surface area contributed by atoms with Crippen LogP contribution in [0.25, 0.3) is 0 Å². The first kappa shape index (κ1) is 16.6. The van der Waals surface area contributed by atoms with E-state index >= 15 is 0 Å². The van der Waals surface area contributed by atoms with Crippen molar-refractivity contribution in [3.63, 3.8) is 0 Å². The van der Waals surface area contributed by atoms with Gasteiger partial charge in [0.05, 0.1) is 20.3 Å². The van der Waals surface area contributed by atoms with E-state index in [4.69, 9.17) is 0 Å². The number of alkyl halides is 1. The predicted molar refractivity (Wildman–Crippen MR) is 78.8 cm³/mol. The highest BCUT2D eigenvalue weighted by atomic mass is 79.9. The number of esters is 1. The Balaban J connectivity index is 2.22. The number of alkyl carbamates (subject to hydrolysis) is 1. The van der Waals surface area contributed by atoms with Crippen molar-refractivity contribution in [2.45, 2.75) is 41.8 Å². The Bertz CT molecular complexity index is 316. The van der Waals surface area contributed by atoms with Gasteiger partial charge in [-0.05, 0) is 12.8 Å². The van der Waals surface area contributed by atoms with Crippen LogP contribution in [0.5, 0.6) is 0 Å². The van der Waals surface area contributed by atoms with Gasteiger partial charge in [-0.2, -0.15) is 11.8 Å². The fraction of sp³-hybridized carbons (Fsp3) is 0.833. The molecule has 7 heteroatoms. The molecule has 0 radical (unpaired) electrons. The first-order valence-electron chi connectivity index (χ1n) is 6.25. The van der Waals surface area contributed by atoms with E-state index in [2.05, 4.69) is 30.7 Å². The number of rotatable bonds is 6. The van der Waals surface area contributed by atoms with Gasteiger partial charge in [0.2, 0.25) is 0 Å². The zero-order chi connectivity index (χ0) is 14.3. The molecule has 1 amide bonds. The maximum absolute atomic E-state index is 11.2. The highest BCUT2D eigenvalue weighted by Gasteiger charge is 2.35. The topological polar surface area (TPSA) is 64.6 Å². The third-order valence-corrected chi connectivity index (χ3v) is 6.20. The fourth-order valence-corrected chi connectivity index (χ4v) is 4.70. The van der Waals surface area contributed by atoms with E-state index in [0.717, 1.165) is 25.0 Å². The molecule has 1 aliphatic rings. The second-order valence-electron chi connectivity index (χ2n) is 4.38. The molecule has 0 aromatic heterocycles. The maximum atomic E-state index is 11.2. The lowest BCUT2D eigenvalue weighted by atomic mass is 10.1. The van der Waals surface area contributed by atoms with Crippen molar-refractivity contribution in [3.8, 4) is 0 Å². The van der Waals surface area contributed by atoms with Crippen molar-refractivity contribution in [1.82, 2.24) is 5.32 Å². The Kier molecular flexibility index (Phi) is 7.60. The average Bonchev–Trinajstić information content (AvgIpc) is 2.75. The van der Waals surface area contributed by atoms with Crippen LogP contribution >= 0.6 is 27.7 Å². The molecule has 0 spiro atoms. The Labute approximate surface area is 126 Å². The summed E-state index contributed by atoms with van der Waals surface area (Å²) in [5, 5.41) is 3.28. The van der Waals surface area contributed by atoms with Crippen LogP contribution in [0.2, 0.25) is 0 Å². The predicted octanol–water partition coefficient (Wildman–Crippen LogP) is 2.32. The quantitative estimate of drug-likeness (QED) is 0.451. The monoisotopic (exact) mass is 353 g/mol. The van der Waals surface area contributed by atoms with Crippen molar-refractivity contribution >= 4 is 39.8 Å². The Morgan fingerprint density at radius 2 is 2.05 bits per heavy atom. The second kappa shape index (κ2) is 8.68. The van der Waals surface area contributed by atoms with Crippen LogP contribution in [0.3, 0.4) is 0 Å². The number of halogens is 1. The molecule has 1 N–H and O–H groups in total.